The molecule has 0 saturated carbocycles. The van der Waals surface area contributed by atoms with Gasteiger partial charge >= 0.3 is 0 Å². The first-order valence-electron chi connectivity index (χ1n) is 8.55. The lowest BCUT2D eigenvalue weighted by molar-refractivity contribution is -0.117. The molecule has 1 fully saturated rings. The Morgan fingerprint density at radius 3 is 2.32 bits per heavy atom. The Morgan fingerprint density at radius 2 is 1.64 bits per heavy atom. The van der Waals surface area contributed by atoms with Crippen molar-refractivity contribution >= 4 is 52.3 Å². The molecule has 1 heterocycles. The van der Waals surface area contributed by atoms with Crippen LogP contribution >= 0.6 is 34.8 Å². The van der Waals surface area contributed by atoms with E-state index in [-0.39, 0.29) is 34.0 Å². The number of anilines is 1. The summed E-state index contributed by atoms with van der Waals surface area (Å²) in [5.74, 6) is -1.24. The van der Waals surface area contributed by atoms with Crippen LogP contribution in [0.1, 0.15) is 10.4 Å². The van der Waals surface area contributed by atoms with Gasteiger partial charge < -0.3 is 10.2 Å². The number of rotatable bonds is 4. The van der Waals surface area contributed by atoms with Gasteiger partial charge in [-0.05, 0) is 24.3 Å². The predicted molar refractivity (Wildman–Crippen MR) is 109 cm³/mol. The highest BCUT2D eigenvalue weighted by molar-refractivity contribution is 6.36. The van der Waals surface area contributed by atoms with Crippen molar-refractivity contribution in [3.63, 3.8) is 0 Å². The molecule has 0 atom stereocenters. The lowest BCUT2D eigenvalue weighted by atomic mass is 10.1. The number of para-hydroxylation sites is 1. The van der Waals surface area contributed by atoms with Crippen LogP contribution < -0.4 is 5.32 Å². The minimum absolute atomic E-state index is 0.0773. The molecular weight excluding hydrogens is 428 g/mol. The summed E-state index contributed by atoms with van der Waals surface area (Å²) >= 11 is 17.7. The summed E-state index contributed by atoms with van der Waals surface area (Å²) in [7, 11) is 0. The van der Waals surface area contributed by atoms with Gasteiger partial charge in [-0.1, -0.05) is 46.9 Å². The molecule has 0 spiro atoms. The molecule has 2 amide bonds. The molecule has 1 saturated heterocycles. The third kappa shape index (κ3) is 4.94. The molecule has 0 unspecified atom stereocenters. The topological polar surface area (TPSA) is 52.7 Å². The second kappa shape index (κ2) is 9.09. The second-order valence-corrected chi connectivity index (χ2v) is 7.56. The maximum absolute atomic E-state index is 13.7. The van der Waals surface area contributed by atoms with Gasteiger partial charge in [-0.3, -0.25) is 14.5 Å². The Kier molecular flexibility index (Phi) is 6.78. The average molecular weight is 445 g/mol. The van der Waals surface area contributed by atoms with Crippen LogP contribution in [0.4, 0.5) is 10.1 Å². The number of carbonyl (C=O) groups excluding carboxylic acids is 2. The number of amides is 2. The highest BCUT2D eigenvalue weighted by atomic mass is 35.5. The Labute approximate surface area is 177 Å². The van der Waals surface area contributed by atoms with E-state index in [1.54, 1.807) is 29.2 Å². The van der Waals surface area contributed by atoms with Gasteiger partial charge in [-0.15, -0.1) is 0 Å². The highest BCUT2D eigenvalue weighted by Crippen LogP contribution is 2.26. The second-order valence-electron chi connectivity index (χ2n) is 6.34. The van der Waals surface area contributed by atoms with Crippen molar-refractivity contribution in [1.82, 2.24) is 9.80 Å². The van der Waals surface area contributed by atoms with E-state index in [4.69, 9.17) is 34.8 Å². The van der Waals surface area contributed by atoms with E-state index < -0.39 is 5.82 Å². The van der Waals surface area contributed by atoms with Gasteiger partial charge in [0.2, 0.25) is 5.91 Å². The first-order chi connectivity index (χ1) is 13.3. The number of hydrogen-bond donors (Lipinski definition) is 1. The van der Waals surface area contributed by atoms with Crippen LogP contribution in [-0.2, 0) is 4.79 Å². The maximum Gasteiger partial charge on any atom is 0.255 e. The van der Waals surface area contributed by atoms with E-state index in [1.807, 2.05) is 4.90 Å². The third-order valence-corrected chi connectivity index (χ3v) is 5.35. The first-order valence-corrected chi connectivity index (χ1v) is 9.69. The van der Waals surface area contributed by atoms with Gasteiger partial charge in [-0.2, -0.15) is 0 Å². The number of benzene rings is 2. The van der Waals surface area contributed by atoms with Crippen LogP contribution in [0.2, 0.25) is 15.1 Å². The summed E-state index contributed by atoms with van der Waals surface area (Å²) in [6, 6.07) is 9.28. The number of piperazine rings is 1. The predicted octanol–water partition coefficient (Wildman–Crippen LogP) is 4.18. The van der Waals surface area contributed by atoms with Gasteiger partial charge in [0.05, 0.1) is 32.9 Å². The largest absolute Gasteiger partial charge is 0.336 e. The molecule has 2 aromatic rings. The molecule has 1 aliphatic rings. The minimum Gasteiger partial charge on any atom is -0.336 e. The fourth-order valence-electron chi connectivity index (χ4n) is 2.92. The van der Waals surface area contributed by atoms with Gasteiger partial charge in [-0.25, -0.2) is 4.39 Å². The molecule has 2 aromatic carbocycles. The maximum atomic E-state index is 13.7. The van der Waals surface area contributed by atoms with Crippen LogP contribution in [0.25, 0.3) is 0 Å². The zero-order valence-electron chi connectivity index (χ0n) is 14.7. The molecule has 1 aliphatic heterocycles. The number of carbonyl (C=O) groups is 2. The monoisotopic (exact) mass is 443 g/mol. The number of halogens is 4. The summed E-state index contributed by atoms with van der Waals surface area (Å²) in [6.07, 6.45) is 0. The summed E-state index contributed by atoms with van der Waals surface area (Å²) in [5, 5.41) is 3.22. The molecule has 0 radical (unpaired) electrons. The molecular formula is C19H17Cl3FN3O2. The number of hydrogen-bond acceptors (Lipinski definition) is 3. The first kappa shape index (κ1) is 20.9. The summed E-state index contributed by atoms with van der Waals surface area (Å²) in [5.41, 5.74) is 0.635. The van der Waals surface area contributed by atoms with Crippen LogP contribution in [0.5, 0.6) is 0 Å². The van der Waals surface area contributed by atoms with E-state index >= 15 is 0 Å². The van der Waals surface area contributed by atoms with Gasteiger partial charge in [0, 0.05) is 26.2 Å². The van der Waals surface area contributed by atoms with Crippen LogP contribution in [0, 0.1) is 5.82 Å². The van der Waals surface area contributed by atoms with E-state index in [9.17, 15) is 14.0 Å². The standard InChI is InChI=1S/C19H17Cl3FN3O2/c20-13-3-1-2-4-17(13)24-18(27)11-25-5-7-26(8-6-25)19(28)12-9-16(23)15(22)10-14(12)21/h1-4,9-10H,5-8,11H2,(H,24,27). The Morgan fingerprint density at radius 1 is 0.964 bits per heavy atom. The Balaban J connectivity index is 1.54. The van der Waals surface area contributed by atoms with Gasteiger partial charge in [0.1, 0.15) is 5.82 Å². The van der Waals surface area contributed by atoms with E-state index in [0.29, 0.717) is 36.9 Å². The van der Waals surface area contributed by atoms with E-state index in [2.05, 4.69) is 5.32 Å². The lowest BCUT2D eigenvalue weighted by Crippen LogP contribution is -2.50. The molecule has 3 rings (SSSR count). The molecule has 0 aromatic heterocycles. The van der Waals surface area contributed by atoms with Crippen LogP contribution in [0.3, 0.4) is 0 Å². The minimum atomic E-state index is -0.690. The molecule has 5 nitrogen and oxygen atoms in total. The molecule has 9 heteroatoms. The highest BCUT2D eigenvalue weighted by Gasteiger charge is 2.25. The zero-order valence-corrected chi connectivity index (χ0v) is 17.0. The van der Waals surface area contributed by atoms with Crippen molar-refractivity contribution in [2.45, 2.75) is 0 Å². The SMILES string of the molecule is O=C(CN1CCN(C(=O)c2cc(F)c(Cl)cc2Cl)CC1)Nc1ccccc1Cl. The zero-order chi connectivity index (χ0) is 20.3. The molecule has 148 valence electrons. The van der Waals surface area contributed by atoms with Crippen molar-refractivity contribution in [2.24, 2.45) is 0 Å². The Bertz CT molecular complexity index is 902. The normalized spacial score (nSPS) is 14.8. The number of nitrogens with one attached hydrogen (secondary N) is 1. The average Bonchev–Trinajstić information content (AvgIpc) is 2.66. The molecule has 28 heavy (non-hydrogen) atoms. The molecule has 0 aliphatic carbocycles. The summed E-state index contributed by atoms with van der Waals surface area (Å²) in [4.78, 5) is 28.3. The molecule has 1 N–H and O–H groups in total. The quantitative estimate of drug-likeness (QED) is 0.720. The molecule has 0 bridgehead atoms. The fourth-order valence-corrected chi connectivity index (χ4v) is 3.57. The summed E-state index contributed by atoms with van der Waals surface area (Å²) < 4.78 is 13.7. The number of nitrogens with zero attached hydrogens (tertiary/aromatic N) is 2. The van der Waals surface area contributed by atoms with E-state index in [1.165, 1.54) is 6.07 Å². The smallest absolute Gasteiger partial charge is 0.255 e. The van der Waals surface area contributed by atoms with Crippen molar-refractivity contribution in [3.8, 4) is 0 Å². The third-order valence-electron chi connectivity index (χ3n) is 4.42. The van der Waals surface area contributed by atoms with Crippen LogP contribution in [-0.4, -0.2) is 54.3 Å². The van der Waals surface area contributed by atoms with Gasteiger partial charge in [0.25, 0.3) is 5.91 Å². The lowest BCUT2D eigenvalue weighted by Gasteiger charge is -2.34. The van der Waals surface area contributed by atoms with Crippen molar-refractivity contribution in [3.05, 3.63) is 62.8 Å². The van der Waals surface area contributed by atoms with E-state index in [0.717, 1.165) is 6.07 Å². The van der Waals surface area contributed by atoms with Crippen LogP contribution in [0.15, 0.2) is 36.4 Å². The Hall–Kier alpha value is -1.86. The van der Waals surface area contributed by atoms with Crippen molar-refractivity contribution < 1.29 is 14.0 Å². The fraction of sp³-hybridized carbons (Fsp3) is 0.263. The van der Waals surface area contributed by atoms with Crippen molar-refractivity contribution in [2.75, 3.05) is 38.0 Å². The van der Waals surface area contributed by atoms with Crippen molar-refractivity contribution in [1.29, 1.82) is 0 Å². The van der Waals surface area contributed by atoms with Gasteiger partial charge in [0.15, 0.2) is 0 Å². The summed E-state index contributed by atoms with van der Waals surface area (Å²) in [6.45, 7) is 2.01.